The molecule has 1 fully saturated rings. The Morgan fingerprint density at radius 3 is 2.72 bits per heavy atom. The van der Waals surface area contributed by atoms with Crippen molar-refractivity contribution in [2.24, 2.45) is 5.92 Å². The second-order valence-corrected chi connectivity index (χ2v) is 8.63. The Morgan fingerprint density at radius 1 is 1.19 bits per heavy atom. The Morgan fingerprint density at radius 2 is 1.97 bits per heavy atom. The molecule has 4 rings (SSSR count). The molecule has 3 aromatic rings. The number of carbonyl (C=O) groups is 1. The van der Waals surface area contributed by atoms with Crippen molar-refractivity contribution in [2.45, 2.75) is 12.8 Å². The van der Waals surface area contributed by atoms with E-state index in [1.807, 2.05) is 23.6 Å². The van der Waals surface area contributed by atoms with Crippen LogP contribution in [-0.2, 0) is 11.2 Å². The molecule has 1 amide bonds. The molecule has 168 valence electrons. The molecule has 0 radical (unpaired) electrons. The summed E-state index contributed by atoms with van der Waals surface area (Å²) in [5.41, 5.74) is 2.69. The molecule has 1 atom stereocenters. The molecule has 0 saturated carbocycles. The third kappa shape index (κ3) is 5.19. The van der Waals surface area contributed by atoms with Gasteiger partial charge < -0.3 is 19.7 Å². The summed E-state index contributed by atoms with van der Waals surface area (Å²) < 4.78 is 23.8. The maximum Gasteiger partial charge on any atom is 0.226 e. The van der Waals surface area contributed by atoms with Crippen LogP contribution in [0.25, 0.3) is 10.6 Å². The number of nitrogens with zero attached hydrogens (tertiary/aromatic N) is 2. The van der Waals surface area contributed by atoms with Gasteiger partial charge >= 0.3 is 0 Å². The topological polar surface area (TPSA) is 63.7 Å². The highest BCUT2D eigenvalue weighted by Crippen LogP contribution is 2.33. The van der Waals surface area contributed by atoms with E-state index in [1.165, 1.54) is 23.5 Å². The molecule has 1 aliphatic heterocycles. The average molecular weight is 456 g/mol. The van der Waals surface area contributed by atoms with Crippen LogP contribution in [0.2, 0.25) is 0 Å². The molecule has 6 nitrogen and oxygen atoms in total. The molecule has 0 aliphatic carbocycles. The van der Waals surface area contributed by atoms with Crippen molar-refractivity contribution in [2.75, 3.05) is 38.8 Å². The van der Waals surface area contributed by atoms with Gasteiger partial charge in [0.05, 0.1) is 26.3 Å². The third-order valence-electron chi connectivity index (χ3n) is 5.59. The summed E-state index contributed by atoms with van der Waals surface area (Å²) >= 11 is 1.50. The zero-order valence-corrected chi connectivity index (χ0v) is 19.0. The lowest BCUT2D eigenvalue weighted by Gasteiger charge is -2.18. The van der Waals surface area contributed by atoms with Crippen LogP contribution in [0.15, 0.2) is 47.8 Å². The molecule has 2 heterocycles. The van der Waals surface area contributed by atoms with E-state index in [4.69, 9.17) is 9.47 Å². The molecule has 1 saturated heterocycles. The molecular formula is C24H26FN3O3S. The quantitative estimate of drug-likeness (QED) is 0.553. The first-order chi connectivity index (χ1) is 15.6. The summed E-state index contributed by atoms with van der Waals surface area (Å²) in [6.45, 7) is 2.39. The number of rotatable bonds is 8. The zero-order chi connectivity index (χ0) is 22.5. The van der Waals surface area contributed by atoms with E-state index in [1.54, 1.807) is 26.4 Å². The Hall–Kier alpha value is -3.13. The maximum absolute atomic E-state index is 13.1. The van der Waals surface area contributed by atoms with Gasteiger partial charge in [-0.2, -0.15) is 0 Å². The van der Waals surface area contributed by atoms with E-state index < -0.39 is 0 Å². The lowest BCUT2D eigenvalue weighted by molar-refractivity contribution is -0.120. The Bertz CT molecular complexity index is 1070. The summed E-state index contributed by atoms with van der Waals surface area (Å²) in [5, 5.41) is 5.79. The van der Waals surface area contributed by atoms with Crippen molar-refractivity contribution in [3.8, 4) is 22.1 Å². The molecule has 1 aliphatic rings. The fourth-order valence-electron chi connectivity index (χ4n) is 3.86. The van der Waals surface area contributed by atoms with Crippen LogP contribution in [-0.4, -0.2) is 44.7 Å². The van der Waals surface area contributed by atoms with Crippen molar-refractivity contribution < 1.29 is 18.7 Å². The predicted octanol–water partition coefficient (Wildman–Crippen LogP) is 4.15. The molecule has 1 N–H and O–H groups in total. The number of thiazole rings is 1. The minimum Gasteiger partial charge on any atom is -0.493 e. The minimum atomic E-state index is -0.229. The number of halogens is 1. The Kier molecular flexibility index (Phi) is 6.90. The van der Waals surface area contributed by atoms with Gasteiger partial charge in [-0.15, -0.1) is 11.3 Å². The maximum atomic E-state index is 13.1. The molecule has 2 aromatic carbocycles. The Balaban J connectivity index is 1.28. The number of hydrogen-bond acceptors (Lipinski definition) is 6. The van der Waals surface area contributed by atoms with Gasteiger partial charge in [-0.3, -0.25) is 4.79 Å². The number of ether oxygens (including phenoxy) is 2. The Labute approximate surface area is 191 Å². The van der Waals surface area contributed by atoms with Gasteiger partial charge in [0.25, 0.3) is 0 Å². The van der Waals surface area contributed by atoms with E-state index in [0.29, 0.717) is 24.0 Å². The lowest BCUT2D eigenvalue weighted by Crippen LogP contribution is -2.32. The number of nitrogens with one attached hydrogen (secondary N) is 1. The molecule has 1 aromatic heterocycles. The van der Waals surface area contributed by atoms with E-state index in [-0.39, 0.29) is 18.1 Å². The summed E-state index contributed by atoms with van der Waals surface area (Å²) in [6, 6.07) is 12.2. The van der Waals surface area contributed by atoms with E-state index in [0.717, 1.165) is 41.5 Å². The van der Waals surface area contributed by atoms with Crippen LogP contribution in [0.3, 0.4) is 0 Å². The van der Waals surface area contributed by atoms with Gasteiger partial charge in [0.1, 0.15) is 10.8 Å². The monoisotopic (exact) mass is 455 g/mol. The van der Waals surface area contributed by atoms with Crippen LogP contribution in [0.5, 0.6) is 11.5 Å². The number of amides is 1. The standard InChI is InChI=1S/C24H26FN3O3S/c1-30-21-8-3-17(11-22(21)31-2)24-27-19(15-32-24)12-23(29)26-13-16-9-10-28(14-16)20-6-4-18(25)5-7-20/h3-8,11,15-16H,9-10,12-14H2,1-2H3,(H,26,29). The normalized spacial score (nSPS) is 15.6. The first kappa shape index (κ1) is 22.1. The largest absolute Gasteiger partial charge is 0.493 e. The number of aromatic nitrogens is 1. The second kappa shape index (κ2) is 9.99. The number of carbonyl (C=O) groups excluding carboxylic acids is 1. The van der Waals surface area contributed by atoms with Crippen LogP contribution in [0.1, 0.15) is 12.1 Å². The highest BCUT2D eigenvalue weighted by molar-refractivity contribution is 7.13. The lowest BCUT2D eigenvalue weighted by atomic mass is 10.1. The number of hydrogen-bond donors (Lipinski definition) is 1. The molecule has 8 heteroatoms. The number of methoxy groups -OCH3 is 2. The molecular weight excluding hydrogens is 429 g/mol. The number of anilines is 1. The van der Waals surface area contributed by atoms with Gasteiger partial charge in [-0.25, -0.2) is 9.37 Å². The van der Waals surface area contributed by atoms with Crippen LogP contribution in [0.4, 0.5) is 10.1 Å². The van der Waals surface area contributed by atoms with Gasteiger partial charge in [-0.05, 0) is 54.8 Å². The minimum absolute atomic E-state index is 0.0330. The summed E-state index contributed by atoms with van der Waals surface area (Å²) in [7, 11) is 3.20. The highest BCUT2D eigenvalue weighted by atomic mass is 32.1. The summed E-state index contributed by atoms with van der Waals surface area (Å²) in [4.78, 5) is 19.3. The summed E-state index contributed by atoms with van der Waals surface area (Å²) in [5.74, 6) is 1.42. The van der Waals surface area contributed by atoms with Crippen LogP contribution < -0.4 is 19.7 Å². The zero-order valence-electron chi connectivity index (χ0n) is 18.1. The van der Waals surface area contributed by atoms with Crippen molar-refractivity contribution in [3.05, 3.63) is 59.4 Å². The van der Waals surface area contributed by atoms with Gasteiger partial charge in [-0.1, -0.05) is 0 Å². The fourth-order valence-corrected chi connectivity index (χ4v) is 4.68. The van der Waals surface area contributed by atoms with Gasteiger partial charge in [0.2, 0.25) is 5.91 Å². The molecule has 0 spiro atoms. The SMILES string of the molecule is COc1ccc(-c2nc(CC(=O)NCC3CCN(c4ccc(F)cc4)C3)cs2)cc1OC. The van der Waals surface area contributed by atoms with Crippen LogP contribution >= 0.6 is 11.3 Å². The van der Waals surface area contributed by atoms with Crippen molar-refractivity contribution >= 4 is 22.9 Å². The summed E-state index contributed by atoms with van der Waals surface area (Å²) in [6.07, 6.45) is 1.25. The van der Waals surface area contributed by atoms with Crippen molar-refractivity contribution in [1.29, 1.82) is 0 Å². The first-order valence-electron chi connectivity index (χ1n) is 10.5. The van der Waals surface area contributed by atoms with Crippen LogP contribution in [0, 0.1) is 11.7 Å². The van der Waals surface area contributed by atoms with E-state index in [9.17, 15) is 9.18 Å². The molecule has 32 heavy (non-hydrogen) atoms. The highest BCUT2D eigenvalue weighted by Gasteiger charge is 2.23. The van der Waals surface area contributed by atoms with Gasteiger partial charge in [0, 0.05) is 36.3 Å². The van der Waals surface area contributed by atoms with Crippen molar-refractivity contribution in [1.82, 2.24) is 10.3 Å². The second-order valence-electron chi connectivity index (χ2n) is 7.77. The first-order valence-corrected chi connectivity index (χ1v) is 11.4. The fraction of sp³-hybridized carbons (Fsp3) is 0.333. The van der Waals surface area contributed by atoms with E-state index in [2.05, 4.69) is 15.2 Å². The van der Waals surface area contributed by atoms with E-state index >= 15 is 0 Å². The predicted molar refractivity (Wildman–Crippen MR) is 124 cm³/mol. The molecule has 0 bridgehead atoms. The average Bonchev–Trinajstić information content (AvgIpc) is 3.47. The van der Waals surface area contributed by atoms with Gasteiger partial charge in [0.15, 0.2) is 11.5 Å². The molecule has 1 unspecified atom stereocenters. The smallest absolute Gasteiger partial charge is 0.226 e. The third-order valence-corrected chi connectivity index (χ3v) is 6.53. The van der Waals surface area contributed by atoms with Crippen molar-refractivity contribution in [3.63, 3.8) is 0 Å². The number of benzene rings is 2.